The molecule has 4 nitrogen and oxygen atoms in total. The first-order valence-electron chi connectivity index (χ1n) is 10.7. The third-order valence-corrected chi connectivity index (χ3v) is 5.30. The lowest BCUT2D eigenvalue weighted by Crippen LogP contribution is -2.05. The molecule has 0 aliphatic rings. The van der Waals surface area contributed by atoms with Crippen LogP contribution in [-0.4, -0.2) is 27.1 Å². The highest BCUT2D eigenvalue weighted by atomic mass is 19.4. The smallest absolute Gasteiger partial charge is 0.416 e. The monoisotopic (exact) mass is 482 g/mol. The van der Waals surface area contributed by atoms with Crippen molar-refractivity contribution in [3.8, 4) is 17.2 Å². The number of methoxy groups -OCH3 is 3. The van der Waals surface area contributed by atoms with E-state index in [0.29, 0.717) is 23.7 Å². The van der Waals surface area contributed by atoms with E-state index in [-0.39, 0.29) is 11.3 Å². The molecule has 0 amide bonds. The largest absolute Gasteiger partial charge is 0.493 e. The summed E-state index contributed by atoms with van der Waals surface area (Å²) in [6, 6.07) is 15.6. The van der Waals surface area contributed by atoms with E-state index >= 15 is 0 Å². The predicted molar refractivity (Wildman–Crippen MR) is 130 cm³/mol. The summed E-state index contributed by atoms with van der Waals surface area (Å²) in [5.74, 6) is 1.24. The maximum Gasteiger partial charge on any atom is 0.416 e. The zero-order valence-electron chi connectivity index (χ0n) is 19.6. The normalized spacial score (nSPS) is 11.7. The van der Waals surface area contributed by atoms with Crippen molar-refractivity contribution in [2.75, 3.05) is 21.3 Å². The summed E-state index contributed by atoms with van der Waals surface area (Å²) in [5.41, 5.74) is 2.19. The summed E-state index contributed by atoms with van der Waals surface area (Å²) in [4.78, 5) is 12.3. The van der Waals surface area contributed by atoms with Crippen LogP contribution < -0.4 is 14.2 Å². The molecule has 0 aliphatic carbocycles. The molecule has 3 rings (SSSR count). The number of carbonyl (C=O) groups excluding carboxylic acids is 1. The number of carbonyl (C=O) groups is 1. The van der Waals surface area contributed by atoms with Gasteiger partial charge in [0.05, 0.1) is 26.9 Å². The van der Waals surface area contributed by atoms with Gasteiger partial charge in [-0.2, -0.15) is 13.2 Å². The molecule has 0 spiro atoms. The van der Waals surface area contributed by atoms with Crippen molar-refractivity contribution in [1.82, 2.24) is 0 Å². The van der Waals surface area contributed by atoms with Crippen LogP contribution in [0.2, 0.25) is 0 Å². The van der Waals surface area contributed by atoms with Crippen molar-refractivity contribution in [3.05, 3.63) is 101 Å². The number of rotatable bonds is 9. The van der Waals surface area contributed by atoms with Gasteiger partial charge >= 0.3 is 6.18 Å². The first-order valence-corrected chi connectivity index (χ1v) is 10.7. The zero-order chi connectivity index (χ0) is 25.4. The fourth-order valence-electron chi connectivity index (χ4n) is 3.48. The maximum atomic E-state index is 12.7. The minimum absolute atomic E-state index is 0.199. The van der Waals surface area contributed by atoms with Gasteiger partial charge in [0.1, 0.15) is 0 Å². The SMILES string of the molecule is COc1cc(/C=C\c2ccccc2C/C=C\C(=O)c2ccc(C(F)(F)F)cc2)cc(OC)c1OC. The van der Waals surface area contributed by atoms with Crippen LogP contribution in [0.5, 0.6) is 17.2 Å². The van der Waals surface area contributed by atoms with Gasteiger partial charge in [-0.15, -0.1) is 0 Å². The minimum Gasteiger partial charge on any atom is -0.493 e. The van der Waals surface area contributed by atoms with E-state index in [0.717, 1.165) is 28.8 Å². The van der Waals surface area contributed by atoms with Gasteiger partial charge in [0.25, 0.3) is 0 Å². The lowest BCUT2D eigenvalue weighted by atomic mass is 10.0. The van der Waals surface area contributed by atoms with Gasteiger partial charge in [-0.05, 0) is 53.5 Å². The number of ketones is 1. The molecule has 0 aromatic heterocycles. The van der Waals surface area contributed by atoms with Crippen LogP contribution in [0.3, 0.4) is 0 Å². The fraction of sp³-hybridized carbons (Fsp3) is 0.179. The van der Waals surface area contributed by atoms with Crippen LogP contribution in [0, 0.1) is 0 Å². The lowest BCUT2D eigenvalue weighted by Gasteiger charge is -2.13. The maximum absolute atomic E-state index is 12.7. The summed E-state index contributed by atoms with van der Waals surface area (Å²) >= 11 is 0. The third-order valence-electron chi connectivity index (χ3n) is 5.30. The standard InChI is InChI=1S/C28H25F3O4/c1-33-25-17-19(18-26(34-2)27(25)35-3)11-12-21-8-5-4-7-20(21)9-6-10-24(32)22-13-15-23(16-14-22)28(29,30)31/h4-8,10-18H,9H2,1-3H3/b10-6-,12-11-. The van der Waals surface area contributed by atoms with Gasteiger partial charge in [0, 0.05) is 5.56 Å². The Balaban J connectivity index is 1.75. The van der Waals surface area contributed by atoms with Crippen molar-refractivity contribution in [3.63, 3.8) is 0 Å². The molecule has 7 heteroatoms. The Hall–Kier alpha value is -4.00. The van der Waals surface area contributed by atoms with Crippen molar-refractivity contribution in [2.24, 2.45) is 0 Å². The quantitative estimate of drug-likeness (QED) is 0.189. The molecule has 0 unspecified atom stereocenters. The fourth-order valence-corrected chi connectivity index (χ4v) is 3.48. The highest BCUT2D eigenvalue weighted by Crippen LogP contribution is 2.38. The van der Waals surface area contributed by atoms with Crippen molar-refractivity contribution >= 4 is 17.9 Å². The van der Waals surface area contributed by atoms with Crippen LogP contribution in [0.4, 0.5) is 13.2 Å². The molecule has 182 valence electrons. The minimum atomic E-state index is -4.43. The molecule has 0 atom stereocenters. The second-order valence-corrected chi connectivity index (χ2v) is 7.54. The number of benzene rings is 3. The molecule has 0 heterocycles. The summed E-state index contributed by atoms with van der Waals surface area (Å²) in [6.07, 6.45) is 2.98. The molecule has 0 fully saturated rings. The molecule has 3 aromatic carbocycles. The van der Waals surface area contributed by atoms with E-state index < -0.39 is 11.7 Å². The summed E-state index contributed by atoms with van der Waals surface area (Å²) in [7, 11) is 4.65. The lowest BCUT2D eigenvalue weighted by molar-refractivity contribution is -0.137. The number of hydrogen-bond acceptors (Lipinski definition) is 4. The van der Waals surface area contributed by atoms with E-state index in [4.69, 9.17) is 14.2 Å². The number of alkyl halides is 3. The molecule has 3 aromatic rings. The molecule has 0 aliphatic heterocycles. The molecule has 0 radical (unpaired) electrons. The van der Waals surface area contributed by atoms with Crippen LogP contribution in [-0.2, 0) is 12.6 Å². The summed E-state index contributed by atoms with van der Waals surface area (Å²) in [6.45, 7) is 0. The van der Waals surface area contributed by atoms with Crippen LogP contribution >= 0.6 is 0 Å². The average Bonchev–Trinajstić information content (AvgIpc) is 2.86. The first kappa shape index (κ1) is 25.6. The van der Waals surface area contributed by atoms with Crippen molar-refractivity contribution < 1.29 is 32.2 Å². The van der Waals surface area contributed by atoms with E-state index in [1.54, 1.807) is 27.4 Å². The Bertz CT molecular complexity index is 1200. The molecular weight excluding hydrogens is 457 g/mol. The Kier molecular flexibility index (Phi) is 8.36. The molecule has 0 N–H and O–H groups in total. The predicted octanol–water partition coefficient (Wildman–Crippen LogP) is 6.88. The van der Waals surface area contributed by atoms with Gasteiger partial charge < -0.3 is 14.2 Å². The molecule has 0 saturated heterocycles. The van der Waals surface area contributed by atoms with Crippen LogP contribution in [0.25, 0.3) is 12.2 Å². The zero-order valence-corrected chi connectivity index (χ0v) is 19.6. The second kappa shape index (κ2) is 11.4. The number of ether oxygens (including phenoxy) is 3. The van der Waals surface area contributed by atoms with Crippen molar-refractivity contribution in [2.45, 2.75) is 12.6 Å². The molecule has 0 saturated carbocycles. The number of allylic oxidation sites excluding steroid dienone is 2. The van der Waals surface area contributed by atoms with Gasteiger partial charge in [-0.3, -0.25) is 4.79 Å². The van der Waals surface area contributed by atoms with Gasteiger partial charge in [-0.25, -0.2) is 0 Å². The number of hydrogen-bond donors (Lipinski definition) is 0. The summed E-state index contributed by atoms with van der Waals surface area (Å²) in [5, 5.41) is 0. The Morgan fingerprint density at radius 3 is 2.06 bits per heavy atom. The number of halogens is 3. The summed E-state index contributed by atoms with van der Waals surface area (Å²) < 4.78 is 54.3. The Labute approximate surface area is 202 Å². The van der Waals surface area contributed by atoms with E-state index in [1.165, 1.54) is 18.2 Å². The Morgan fingerprint density at radius 1 is 0.857 bits per heavy atom. The van der Waals surface area contributed by atoms with E-state index in [1.807, 2.05) is 48.6 Å². The van der Waals surface area contributed by atoms with E-state index in [9.17, 15) is 18.0 Å². The highest BCUT2D eigenvalue weighted by molar-refractivity contribution is 6.04. The molecule has 0 bridgehead atoms. The molecule has 35 heavy (non-hydrogen) atoms. The van der Waals surface area contributed by atoms with Gasteiger partial charge in [0.2, 0.25) is 5.75 Å². The van der Waals surface area contributed by atoms with Crippen LogP contribution in [0.1, 0.15) is 32.6 Å². The first-order chi connectivity index (χ1) is 16.8. The highest BCUT2D eigenvalue weighted by Gasteiger charge is 2.30. The molecular formula is C28H25F3O4. The average molecular weight is 482 g/mol. The third kappa shape index (κ3) is 6.53. The van der Waals surface area contributed by atoms with Crippen LogP contribution in [0.15, 0.2) is 72.8 Å². The van der Waals surface area contributed by atoms with Gasteiger partial charge in [-0.1, -0.05) is 54.6 Å². The van der Waals surface area contributed by atoms with Gasteiger partial charge in [0.15, 0.2) is 17.3 Å². The van der Waals surface area contributed by atoms with E-state index in [2.05, 4.69) is 0 Å². The Morgan fingerprint density at radius 2 is 1.49 bits per heavy atom. The second-order valence-electron chi connectivity index (χ2n) is 7.54. The topological polar surface area (TPSA) is 44.8 Å². The van der Waals surface area contributed by atoms with Crippen molar-refractivity contribution in [1.29, 1.82) is 0 Å².